The maximum Gasteiger partial charge on any atom is 0.352 e. The van der Waals surface area contributed by atoms with Crippen LogP contribution in [0.15, 0.2) is 47.3 Å². The lowest BCUT2D eigenvalue weighted by atomic mass is 9.83. The van der Waals surface area contributed by atoms with Crippen molar-refractivity contribution in [3.63, 3.8) is 0 Å². The molecule has 0 bridgehead atoms. The molecule has 4 heterocycles. The van der Waals surface area contributed by atoms with Crippen LogP contribution in [0.4, 0.5) is 5.82 Å². The fraction of sp³-hybridized carbons (Fsp3) is 0.368. The molecule has 2 atom stereocenters. The van der Waals surface area contributed by atoms with Crippen LogP contribution in [0.2, 0.25) is 0 Å². The number of pyridine rings is 1. The summed E-state index contributed by atoms with van der Waals surface area (Å²) in [6.45, 7) is 0.536. The van der Waals surface area contributed by atoms with Crippen molar-refractivity contribution >= 4 is 23.6 Å². The van der Waals surface area contributed by atoms with E-state index in [1.807, 2.05) is 36.0 Å². The molecule has 0 saturated carbocycles. The molecule has 3 aliphatic rings. The van der Waals surface area contributed by atoms with Gasteiger partial charge in [0.2, 0.25) is 5.91 Å². The predicted octanol–water partition coefficient (Wildman–Crippen LogP) is -0.155. The molecule has 0 radical (unpaired) electrons. The van der Waals surface area contributed by atoms with Crippen LogP contribution in [0, 0.1) is 0 Å². The molecule has 0 unspecified atom stereocenters. The van der Waals surface area contributed by atoms with Crippen molar-refractivity contribution in [2.75, 3.05) is 11.4 Å². The SMILES string of the molecule is C[n+]1ccccc1N1CC/C(=C\C2=C(C(=O)O)N3C(=O)[C@@H](N)[C@H]3CC2)C1=O. The maximum absolute atomic E-state index is 12.9. The van der Waals surface area contributed by atoms with Gasteiger partial charge in [-0.3, -0.25) is 9.69 Å². The highest BCUT2D eigenvalue weighted by Crippen LogP contribution is 2.37. The van der Waals surface area contributed by atoms with E-state index in [4.69, 9.17) is 5.73 Å². The molecule has 27 heavy (non-hydrogen) atoms. The molecule has 1 aromatic rings. The van der Waals surface area contributed by atoms with E-state index in [2.05, 4.69) is 0 Å². The summed E-state index contributed by atoms with van der Waals surface area (Å²) < 4.78 is 1.87. The number of nitrogens with two attached hydrogens (primary N) is 1. The van der Waals surface area contributed by atoms with Crippen LogP contribution in [0.25, 0.3) is 0 Å². The van der Waals surface area contributed by atoms with Crippen molar-refractivity contribution in [1.82, 2.24) is 4.90 Å². The summed E-state index contributed by atoms with van der Waals surface area (Å²) in [4.78, 5) is 39.6. The van der Waals surface area contributed by atoms with Crippen LogP contribution >= 0.6 is 0 Å². The van der Waals surface area contributed by atoms with E-state index < -0.39 is 12.0 Å². The van der Waals surface area contributed by atoms with Crippen LogP contribution in [0.1, 0.15) is 19.3 Å². The van der Waals surface area contributed by atoms with Gasteiger partial charge in [-0.2, -0.15) is 4.90 Å². The van der Waals surface area contributed by atoms with E-state index in [-0.39, 0.29) is 23.6 Å². The number of aryl methyl sites for hydroxylation is 1. The van der Waals surface area contributed by atoms with E-state index in [0.29, 0.717) is 37.0 Å². The number of aliphatic carboxylic acids is 1. The molecule has 3 N–H and O–H groups in total. The normalized spacial score (nSPS) is 26.5. The summed E-state index contributed by atoms with van der Waals surface area (Å²) in [5.41, 5.74) is 6.82. The molecule has 8 heteroatoms. The number of allylic oxidation sites excluding steroid dienone is 2. The predicted molar refractivity (Wildman–Crippen MR) is 95.2 cm³/mol. The molecule has 1 aromatic heterocycles. The third-order valence-corrected chi connectivity index (χ3v) is 5.50. The van der Waals surface area contributed by atoms with E-state index in [1.54, 1.807) is 11.0 Å². The number of carbonyl (C=O) groups is 3. The minimum absolute atomic E-state index is 0.0398. The van der Waals surface area contributed by atoms with E-state index in [0.717, 1.165) is 5.82 Å². The highest BCUT2D eigenvalue weighted by Gasteiger charge is 2.51. The summed E-state index contributed by atoms with van der Waals surface area (Å²) >= 11 is 0. The first kappa shape index (κ1) is 17.4. The Balaban J connectivity index is 1.67. The molecule has 140 valence electrons. The van der Waals surface area contributed by atoms with E-state index in [1.165, 1.54) is 4.90 Å². The first-order valence-corrected chi connectivity index (χ1v) is 8.92. The molecule has 2 amide bonds. The molecular weight excluding hydrogens is 348 g/mol. The van der Waals surface area contributed by atoms with Gasteiger partial charge in [-0.15, -0.1) is 0 Å². The van der Waals surface area contributed by atoms with Crippen LogP contribution in [-0.2, 0) is 21.4 Å². The first-order chi connectivity index (χ1) is 12.9. The Kier molecular flexibility index (Phi) is 4.07. The minimum atomic E-state index is -1.16. The largest absolute Gasteiger partial charge is 0.477 e. The Morgan fingerprint density at radius 2 is 2.11 bits per heavy atom. The average molecular weight is 369 g/mol. The Morgan fingerprint density at radius 3 is 2.81 bits per heavy atom. The lowest BCUT2D eigenvalue weighted by molar-refractivity contribution is -0.658. The standard InChI is InChI=1S/C19H20N4O4/c1-21-8-3-2-4-14(21)22-9-7-12(17(22)24)10-11-5-6-13-15(20)18(25)23(13)16(11)19(26)27/h2-4,8,10,13,15H,5-7,9,20H2,1H3/p+1/b12-10+/t13-,15+/m1/s1. The highest BCUT2D eigenvalue weighted by molar-refractivity contribution is 6.08. The van der Waals surface area contributed by atoms with Gasteiger partial charge >= 0.3 is 11.9 Å². The number of amides is 2. The molecule has 4 rings (SSSR count). The number of hydrogen-bond donors (Lipinski definition) is 2. The molecule has 2 saturated heterocycles. The zero-order chi connectivity index (χ0) is 19.3. The first-order valence-electron chi connectivity index (χ1n) is 8.92. The van der Waals surface area contributed by atoms with Crippen molar-refractivity contribution < 1.29 is 24.1 Å². The molecule has 2 fully saturated rings. The Labute approximate surface area is 156 Å². The summed E-state index contributed by atoms with van der Waals surface area (Å²) in [7, 11) is 1.87. The molecule has 3 aliphatic heterocycles. The number of carboxylic acids is 1. The van der Waals surface area contributed by atoms with Gasteiger partial charge < -0.3 is 10.8 Å². The Bertz CT molecular complexity index is 920. The van der Waals surface area contributed by atoms with Crippen molar-refractivity contribution in [2.24, 2.45) is 12.8 Å². The number of aromatic nitrogens is 1. The number of carbonyl (C=O) groups excluding carboxylic acids is 2. The number of fused-ring (bicyclic) bond motifs is 1. The summed E-state index contributed by atoms with van der Waals surface area (Å²) in [6, 6.07) is 4.74. The second-order valence-electron chi connectivity index (χ2n) is 7.07. The van der Waals surface area contributed by atoms with E-state index in [9.17, 15) is 19.5 Å². The van der Waals surface area contributed by atoms with Crippen LogP contribution in [0.3, 0.4) is 0 Å². The number of carboxylic acid groups (broad SMARTS) is 1. The van der Waals surface area contributed by atoms with Crippen molar-refractivity contribution in [1.29, 1.82) is 0 Å². The molecule has 8 nitrogen and oxygen atoms in total. The quantitative estimate of drug-likeness (QED) is 0.437. The van der Waals surface area contributed by atoms with Gasteiger partial charge in [0.25, 0.3) is 5.82 Å². The van der Waals surface area contributed by atoms with Crippen LogP contribution < -0.4 is 15.2 Å². The average Bonchev–Trinajstić information content (AvgIpc) is 3.01. The maximum atomic E-state index is 12.9. The third kappa shape index (κ3) is 2.64. The van der Waals surface area contributed by atoms with Gasteiger partial charge in [-0.05, 0) is 30.6 Å². The fourth-order valence-electron chi connectivity index (χ4n) is 4.08. The second kappa shape index (κ2) is 6.31. The lowest BCUT2D eigenvalue weighted by Crippen LogP contribution is -2.69. The fourth-order valence-corrected chi connectivity index (χ4v) is 4.08. The second-order valence-corrected chi connectivity index (χ2v) is 7.07. The minimum Gasteiger partial charge on any atom is -0.477 e. The van der Waals surface area contributed by atoms with Gasteiger partial charge in [0.1, 0.15) is 11.7 Å². The smallest absolute Gasteiger partial charge is 0.352 e. The number of hydrogen-bond acceptors (Lipinski definition) is 4. The summed E-state index contributed by atoms with van der Waals surface area (Å²) in [5, 5.41) is 9.62. The molecule has 0 aromatic carbocycles. The number of nitrogens with zero attached hydrogens (tertiary/aromatic N) is 3. The topological polar surface area (TPSA) is 108 Å². The van der Waals surface area contributed by atoms with Crippen molar-refractivity contribution in [2.45, 2.75) is 31.3 Å². The molecular formula is C19H21N4O4+. The van der Waals surface area contributed by atoms with Crippen molar-refractivity contribution in [3.05, 3.63) is 47.3 Å². The zero-order valence-corrected chi connectivity index (χ0v) is 15.0. The van der Waals surface area contributed by atoms with E-state index >= 15 is 0 Å². The summed E-state index contributed by atoms with van der Waals surface area (Å²) in [5.74, 6) is -0.888. The Hall–Kier alpha value is -3.00. The van der Waals surface area contributed by atoms with Crippen molar-refractivity contribution in [3.8, 4) is 0 Å². The van der Waals surface area contributed by atoms with Gasteiger partial charge in [0, 0.05) is 18.1 Å². The third-order valence-electron chi connectivity index (χ3n) is 5.50. The highest BCUT2D eigenvalue weighted by atomic mass is 16.4. The number of rotatable bonds is 3. The Morgan fingerprint density at radius 1 is 1.33 bits per heavy atom. The number of β-lactam (4-membered cyclic amide) rings is 1. The zero-order valence-electron chi connectivity index (χ0n) is 15.0. The lowest BCUT2D eigenvalue weighted by Gasteiger charge is -2.48. The molecule has 0 aliphatic carbocycles. The van der Waals surface area contributed by atoms with Gasteiger partial charge in [0.05, 0.1) is 25.8 Å². The number of anilines is 1. The van der Waals surface area contributed by atoms with Crippen LogP contribution in [0.5, 0.6) is 0 Å². The van der Waals surface area contributed by atoms with Crippen LogP contribution in [-0.4, -0.2) is 46.4 Å². The molecule has 0 spiro atoms. The van der Waals surface area contributed by atoms with Gasteiger partial charge in [-0.25, -0.2) is 14.2 Å². The monoisotopic (exact) mass is 369 g/mol. The van der Waals surface area contributed by atoms with Gasteiger partial charge in [0.15, 0.2) is 0 Å². The van der Waals surface area contributed by atoms with Gasteiger partial charge in [-0.1, -0.05) is 6.07 Å². The summed E-state index contributed by atoms with van der Waals surface area (Å²) in [6.07, 6.45) is 5.15.